The van der Waals surface area contributed by atoms with Crippen molar-refractivity contribution in [1.82, 2.24) is 0 Å². The molecule has 1 heterocycles. The Hall–Kier alpha value is -1.51. The highest BCUT2D eigenvalue weighted by atomic mass is 16.3. The molecule has 1 aromatic rings. The summed E-state index contributed by atoms with van der Waals surface area (Å²) in [6, 6.07) is 3.41. The fraction of sp³-hybridized carbons (Fsp3) is 0.300. The Bertz CT molecular complexity index is 385. The zero-order valence-electron chi connectivity index (χ0n) is 7.66. The zero-order valence-corrected chi connectivity index (χ0v) is 7.66. The highest BCUT2D eigenvalue weighted by Gasteiger charge is 2.26. The number of phenolic OH excluding ortho intramolecular Hbond substituents is 1. The van der Waals surface area contributed by atoms with Crippen molar-refractivity contribution in [3.05, 3.63) is 23.3 Å². The van der Waals surface area contributed by atoms with Gasteiger partial charge in [0, 0.05) is 12.7 Å². The number of benzene rings is 1. The summed E-state index contributed by atoms with van der Waals surface area (Å²) in [6.07, 6.45) is 0.409. The maximum Gasteiger partial charge on any atom is 0.231 e. The van der Waals surface area contributed by atoms with Crippen molar-refractivity contribution in [2.75, 3.05) is 11.9 Å². The molecule has 0 spiro atoms. The van der Waals surface area contributed by atoms with Crippen LogP contribution in [-0.2, 0) is 11.2 Å². The average molecular weight is 177 g/mol. The second kappa shape index (κ2) is 2.49. The summed E-state index contributed by atoms with van der Waals surface area (Å²) in [4.78, 5) is 13.0. The fourth-order valence-electron chi connectivity index (χ4n) is 1.67. The number of phenols is 1. The molecular formula is C10H11NO2. The molecule has 0 bridgehead atoms. The summed E-state index contributed by atoms with van der Waals surface area (Å²) in [6.45, 7) is 1.83. The minimum Gasteiger partial charge on any atom is -0.508 e. The van der Waals surface area contributed by atoms with E-state index in [1.807, 2.05) is 6.92 Å². The summed E-state index contributed by atoms with van der Waals surface area (Å²) >= 11 is 0. The van der Waals surface area contributed by atoms with E-state index in [9.17, 15) is 9.90 Å². The van der Waals surface area contributed by atoms with E-state index in [0.717, 1.165) is 16.8 Å². The monoisotopic (exact) mass is 177 g/mol. The maximum atomic E-state index is 11.3. The number of hydrogen-bond donors (Lipinski definition) is 1. The van der Waals surface area contributed by atoms with Gasteiger partial charge in [-0.15, -0.1) is 0 Å². The van der Waals surface area contributed by atoms with Gasteiger partial charge in [0.25, 0.3) is 0 Å². The lowest BCUT2D eigenvalue weighted by Crippen LogP contribution is -2.20. The Kier molecular flexibility index (Phi) is 1.55. The van der Waals surface area contributed by atoms with Gasteiger partial charge in [0.05, 0.1) is 6.42 Å². The molecule has 1 aromatic carbocycles. The molecule has 1 aliphatic heterocycles. The summed E-state index contributed by atoms with van der Waals surface area (Å²) in [7, 11) is 1.75. The molecule has 0 radical (unpaired) electrons. The molecule has 68 valence electrons. The van der Waals surface area contributed by atoms with Gasteiger partial charge in [-0.3, -0.25) is 4.79 Å². The fourth-order valence-corrected chi connectivity index (χ4v) is 1.67. The molecule has 1 N–H and O–H groups in total. The molecule has 0 saturated heterocycles. The Morgan fingerprint density at radius 3 is 2.85 bits per heavy atom. The predicted octanol–water partition coefficient (Wildman–Crippen LogP) is 1.22. The molecule has 0 aliphatic carbocycles. The Morgan fingerprint density at radius 1 is 1.46 bits per heavy atom. The van der Waals surface area contributed by atoms with E-state index >= 15 is 0 Å². The van der Waals surface area contributed by atoms with Crippen molar-refractivity contribution >= 4 is 11.6 Å². The van der Waals surface area contributed by atoms with Crippen molar-refractivity contribution in [1.29, 1.82) is 0 Å². The topological polar surface area (TPSA) is 40.5 Å². The third kappa shape index (κ3) is 1.00. The molecule has 0 atom stereocenters. The third-order valence-electron chi connectivity index (χ3n) is 2.61. The molecule has 0 aromatic heterocycles. The average Bonchev–Trinajstić information content (AvgIpc) is 2.38. The van der Waals surface area contributed by atoms with Crippen molar-refractivity contribution < 1.29 is 9.90 Å². The van der Waals surface area contributed by atoms with Crippen LogP contribution in [0.5, 0.6) is 5.75 Å². The first-order valence-corrected chi connectivity index (χ1v) is 4.19. The lowest BCUT2D eigenvalue weighted by molar-refractivity contribution is -0.117. The second-order valence-electron chi connectivity index (χ2n) is 3.34. The normalized spacial score (nSPS) is 14.9. The van der Waals surface area contributed by atoms with E-state index < -0.39 is 0 Å². The number of hydrogen-bond acceptors (Lipinski definition) is 2. The van der Waals surface area contributed by atoms with Gasteiger partial charge in [-0.2, -0.15) is 0 Å². The summed E-state index contributed by atoms with van der Waals surface area (Å²) in [5.74, 6) is 0.352. The Morgan fingerprint density at radius 2 is 2.15 bits per heavy atom. The van der Waals surface area contributed by atoms with Crippen LogP contribution >= 0.6 is 0 Å². The van der Waals surface area contributed by atoms with Crippen molar-refractivity contribution in [3.63, 3.8) is 0 Å². The first kappa shape index (κ1) is 8.10. The van der Waals surface area contributed by atoms with Gasteiger partial charge in [0.2, 0.25) is 5.91 Å². The van der Waals surface area contributed by atoms with Crippen LogP contribution in [0.1, 0.15) is 11.1 Å². The number of carbonyl (C=O) groups is 1. The summed E-state index contributed by atoms with van der Waals surface area (Å²) in [5.41, 5.74) is 2.68. The van der Waals surface area contributed by atoms with Gasteiger partial charge in [0.15, 0.2) is 0 Å². The number of aromatic hydroxyl groups is 1. The standard InChI is InChI=1S/C10H11NO2/c1-6-7-5-10(13)11(2)8(7)3-4-9(6)12/h3-4,12H,5H2,1-2H3. The van der Waals surface area contributed by atoms with Crippen LogP contribution in [0.4, 0.5) is 5.69 Å². The number of anilines is 1. The molecule has 2 rings (SSSR count). The molecule has 0 saturated carbocycles. The predicted molar refractivity (Wildman–Crippen MR) is 50.0 cm³/mol. The van der Waals surface area contributed by atoms with Gasteiger partial charge in [-0.05, 0) is 30.2 Å². The number of carbonyl (C=O) groups excluding carboxylic acids is 1. The van der Waals surface area contributed by atoms with E-state index in [0.29, 0.717) is 6.42 Å². The molecule has 1 amide bonds. The van der Waals surface area contributed by atoms with Gasteiger partial charge < -0.3 is 10.0 Å². The molecule has 1 aliphatic rings. The van der Waals surface area contributed by atoms with Crippen LogP contribution in [0.3, 0.4) is 0 Å². The van der Waals surface area contributed by atoms with Crippen molar-refractivity contribution in [3.8, 4) is 5.75 Å². The minimum absolute atomic E-state index is 0.0868. The highest BCUT2D eigenvalue weighted by Crippen LogP contribution is 2.34. The van der Waals surface area contributed by atoms with Gasteiger partial charge in [-0.1, -0.05) is 0 Å². The zero-order chi connectivity index (χ0) is 9.59. The van der Waals surface area contributed by atoms with Crippen molar-refractivity contribution in [2.24, 2.45) is 0 Å². The van der Waals surface area contributed by atoms with Crippen LogP contribution in [0, 0.1) is 6.92 Å². The number of rotatable bonds is 0. The second-order valence-corrected chi connectivity index (χ2v) is 3.34. The quantitative estimate of drug-likeness (QED) is 0.647. The van der Waals surface area contributed by atoms with E-state index in [1.54, 1.807) is 24.1 Å². The molecule has 3 nitrogen and oxygen atoms in total. The van der Waals surface area contributed by atoms with Crippen LogP contribution in [0.15, 0.2) is 12.1 Å². The number of nitrogens with zero attached hydrogens (tertiary/aromatic N) is 1. The Balaban J connectivity index is 2.64. The number of likely N-dealkylation sites (N-methyl/N-ethyl adjacent to an activating group) is 1. The van der Waals surface area contributed by atoms with Crippen LogP contribution in [0.2, 0.25) is 0 Å². The lowest BCUT2D eigenvalue weighted by atomic mass is 10.1. The SMILES string of the molecule is Cc1c(O)ccc2c1CC(=O)N2C. The van der Waals surface area contributed by atoms with Gasteiger partial charge >= 0.3 is 0 Å². The van der Waals surface area contributed by atoms with Crippen molar-refractivity contribution in [2.45, 2.75) is 13.3 Å². The van der Waals surface area contributed by atoms with E-state index in [4.69, 9.17) is 0 Å². The van der Waals surface area contributed by atoms with Crippen LogP contribution in [-0.4, -0.2) is 18.1 Å². The molecule has 0 fully saturated rings. The molecule has 13 heavy (non-hydrogen) atoms. The van der Waals surface area contributed by atoms with E-state index in [-0.39, 0.29) is 11.7 Å². The number of fused-ring (bicyclic) bond motifs is 1. The van der Waals surface area contributed by atoms with E-state index in [2.05, 4.69) is 0 Å². The van der Waals surface area contributed by atoms with E-state index in [1.165, 1.54) is 0 Å². The number of amides is 1. The minimum atomic E-state index is 0.0868. The Labute approximate surface area is 76.6 Å². The first-order chi connectivity index (χ1) is 6.11. The lowest BCUT2D eigenvalue weighted by Gasteiger charge is -2.10. The summed E-state index contributed by atoms with van der Waals surface area (Å²) < 4.78 is 0. The molecule has 3 heteroatoms. The summed E-state index contributed by atoms with van der Waals surface area (Å²) in [5, 5.41) is 9.43. The largest absolute Gasteiger partial charge is 0.508 e. The molecule has 0 unspecified atom stereocenters. The smallest absolute Gasteiger partial charge is 0.231 e. The van der Waals surface area contributed by atoms with Crippen LogP contribution < -0.4 is 4.90 Å². The highest BCUT2D eigenvalue weighted by molar-refractivity contribution is 6.01. The van der Waals surface area contributed by atoms with Gasteiger partial charge in [-0.25, -0.2) is 0 Å². The van der Waals surface area contributed by atoms with Gasteiger partial charge in [0.1, 0.15) is 5.75 Å². The van der Waals surface area contributed by atoms with Crippen LogP contribution in [0.25, 0.3) is 0 Å². The third-order valence-corrected chi connectivity index (χ3v) is 2.61. The molecular weight excluding hydrogens is 166 g/mol. The first-order valence-electron chi connectivity index (χ1n) is 4.19. The maximum absolute atomic E-state index is 11.3.